The fourth-order valence-electron chi connectivity index (χ4n) is 3.45. The van der Waals surface area contributed by atoms with Crippen LogP contribution >= 0.6 is 11.6 Å². The van der Waals surface area contributed by atoms with Crippen molar-refractivity contribution in [3.63, 3.8) is 0 Å². The zero-order valence-electron chi connectivity index (χ0n) is 14.5. The molecule has 134 valence electrons. The summed E-state index contributed by atoms with van der Waals surface area (Å²) in [5.41, 5.74) is 3.47. The molecule has 0 radical (unpaired) electrons. The second-order valence-corrected chi connectivity index (χ2v) is 6.82. The van der Waals surface area contributed by atoms with E-state index < -0.39 is 0 Å². The Balaban J connectivity index is 1.50. The van der Waals surface area contributed by atoms with Crippen molar-refractivity contribution in [3.8, 4) is 5.75 Å². The van der Waals surface area contributed by atoms with Crippen molar-refractivity contribution >= 4 is 34.5 Å². The molecule has 0 bridgehead atoms. The molecule has 2 aliphatic heterocycles. The molecule has 0 spiro atoms. The number of benzene rings is 2. The van der Waals surface area contributed by atoms with E-state index in [0.29, 0.717) is 10.6 Å². The minimum Gasteiger partial charge on any atom is -0.495 e. The number of anilines is 2. The van der Waals surface area contributed by atoms with Crippen LogP contribution in [0.25, 0.3) is 5.57 Å². The highest BCUT2D eigenvalue weighted by Crippen LogP contribution is 2.34. The second kappa shape index (κ2) is 6.92. The van der Waals surface area contributed by atoms with Crippen LogP contribution in [0.5, 0.6) is 5.75 Å². The number of nitrogens with zero attached hydrogens (tertiary/aromatic N) is 2. The van der Waals surface area contributed by atoms with Gasteiger partial charge in [-0.2, -0.15) is 0 Å². The molecular weight excluding hydrogens is 350 g/mol. The highest BCUT2D eigenvalue weighted by atomic mass is 35.5. The van der Waals surface area contributed by atoms with Gasteiger partial charge in [0.15, 0.2) is 0 Å². The van der Waals surface area contributed by atoms with E-state index in [1.54, 1.807) is 13.2 Å². The van der Waals surface area contributed by atoms with E-state index >= 15 is 0 Å². The summed E-state index contributed by atoms with van der Waals surface area (Å²) in [6, 6.07) is 13.5. The Morgan fingerprint density at radius 1 is 1.12 bits per heavy atom. The molecule has 1 saturated heterocycles. The van der Waals surface area contributed by atoms with Crippen molar-refractivity contribution in [1.82, 2.24) is 4.90 Å². The lowest BCUT2D eigenvalue weighted by Crippen LogP contribution is -2.44. The van der Waals surface area contributed by atoms with Gasteiger partial charge in [0.05, 0.1) is 18.4 Å². The van der Waals surface area contributed by atoms with Gasteiger partial charge in [-0.05, 0) is 30.3 Å². The number of carbonyl (C=O) groups excluding carboxylic acids is 1. The van der Waals surface area contributed by atoms with E-state index in [0.717, 1.165) is 48.9 Å². The Morgan fingerprint density at radius 2 is 1.88 bits per heavy atom. The first-order valence-electron chi connectivity index (χ1n) is 8.61. The number of ether oxygens (including phenoxy) is 1. The van der Waals surface area contributed by atoms with Gasteiger partial charge in [0.1, 0.15) is 5.75 Å². The van der Waals surface area contributed by atoms with Gasteiger partial charge in [-0.25, -0.2) is 0 Å². The Hall–Kier alpha value is -2.66. The average molecular weight is 370 g/mol. The molecule has 2 aromatic rings. The lowest BCUT2D eigenvalue weighted by Gasteiger charge is -2.36. The van der Waals surface area contributed by atoms with Crippen molar-refractivity contribution in [1.29, 1.82) is 0 Å². The highest BCUT2D eigenvalue weighted by Gasteiger charge is 2.26. The number of rotatable bonds is 3. The lowest BCUT2D eigenvalue weighted by molar-refractivity contribution is -0.110. The van der Waals surface area contributed by atoms with E-state index in [1.807, 2.05) is 36.5 Å². The minimum absolute atomic E-state index is 0.0746. The number of fused-ring (bicyclic) bond motifs is 1. The number of nitrogens with one attached hydrogen (secondary N) is 1. The maximum atomic E-state index is 12.3. The van der Waals surface area contributed by atoms with Crippen molar-refractivity contribution in [2.45, 2.75) is 0 Å². The van der Waals surface area contributed by atoms with E-state index in [2.05, 4.69) is 21.2 Å². The van der Waals surface area contributed by atoms with E-state index in [9.17, 15) is 4.79 Å². The first-order valence-corrected chi connectivity index (χ1v) is 8.98. The third-order valence-corrected chi connectivity index (χ3v) is 5.05. The van der Waals surface area contributed by atoms with Crippen LogP contribution in [0, 0.1) is 0 Å². The standard InChI is InChI=1S/C20H20ClN3O2/c1-26-19-5-3-2-4-18(19)24-10-8-23(9-11-24)13-16-15-12-14(21)6-7-17(15)22-20(16)25/h2-7,12-13H,8-11H2,1H3,(H,22,25)/b16-13+. The summed E-state index contributed by atoms with van der Waals surface area (Å²) in [6.45, 7) is 3.41. The molecule has 0 saturated carbocycles. The number of para-hydroxylation sites is 2. The SMILES string of the molecule is COc1ccccc1N1CCN(/C=C2/C(=O)Nc3ccc(Cl)cc32)CC1. The van der Waals surface area contributed by atoms with Gasteiger partial charge in [0, 0.05) is 48.7 Å². The summed E-state index contributed by atoms with van der Waals surface area (Å²) in [4.78, 5) is 16.8. The van der Waals surface area contributed by atoms with Crippen LogP contribution in [0.1, 0.15) is 5.56 Å². The van der Waals surface area contributed by atoms with Crippen molar-refractivity contribution in [2.75, 3.05) is 43.5 Å². The molecule has 0 aromatic heterocycles. The Bertz CT molecular complexity index is 873. The predicted octanol–water partition coefficient (Wildman–Crippen LogP) is 3.46. The molecule has 26 heavy (non-hydrogen) atoms. The lowest BCUT2D eigenvalue weighted by atomic mass is 10.1. The highest BCUT2D eigenvalue weighted by molar-refractivity contribution is 6.34. The van der Waals surface area contributed by atoms with Crippen molar-refractivity contribution in [3.05, 3.63) is 59.3 Å². The summed E-state index contributed by atoms with van der Waals surface area (Å²) < 4.78 is 5.46. The molecule has 0 aliphatic carbocycles. The third-order valence-electron chi connectivity index (χ3n) is 4.82. The quantitative estimate of drug-likeness (QED) is 0.841. The Kier molecular flexibility index (Phi) is 4.47. The van der Waals surface area contributed by atoms with Crippen molar-refractivity contribution in [2.24, 2.45) is 0 Å². The molecule has 5 nitrogen and oxygen atoms in total. The van der Waals surface area contributed by atoms with Crippen LogP contribution in [0.2, 0.25) is 5.02 Å². The zero-order valence-corrected chi connectivity index (χ0v) is 15.3. The van der Waals surface area contributed by atoms with Gasteiger partial charge in [-0.15, -0.1) is 0 Å². The normalized spacial score (nSPS) is 18.1. The largest absolute Gasteiger partial charge is 0.495 e. The first-order chi connectivity index (χ1) is 12.7. The minimum atomic E-state index is -0.0746. The number of hydrogen-bond acceptors (Lipinski definition) is 4. The summed E-state index contributed by atoms with van der Waals surface area (Å²) in [5.74, 6) is 0.812. The summed E-state index contributed by atoms with van der Waals surface area (Å²) >= 11 is 6.10. The van der Waals surface area contributed by atoms with E-state index in [4.69, 9.17) is 16.3 Å². The van der Waals surface area contributed by atoms with Gasteiger partial charge in [-0.1, -0.05) is 23.7 Å². The molecule has 4 rings (SSSR count). The molecule has 2 aliphatic rings. The summed E-state index contributed by atoms with van der Waals surface area (Å²) in [6.07, 6.45) is 1.96. The fourth-order valence-corrected chi connectivity index (χ4v) is 3.63. The van der Waals surface area contributed by atoms with Gasteiger partial charge >= 0.3 is 0 Å². The van der Waals surface area contributed by atoms with Crippen LogP contribution in [-0.4, -0.2) is 44.1 Å². The van der Waals surface area contributed by atoms with Gasteiger partial charge < -0.3 is 19.9 Å². The zero-order chi connectivity index (χ0) is 18.1. The van der Waals surface area contributed by atoms with Crippen LogP contribution in [0.3, 0.4) is 0 Å². The van der Waals surface area contributed by atoms with Crippen LogP contribution in [0.15, 0.2) is 48.7 Å². The predicted molar refractivity (Wildman–Crippen MR) is 105 cm³/mol. The molecule has 6 heteroatoms. The van der Waals surface area contributed by atoms with Crippen molar-refractivity contribution < 1.29 is 9.53 Å². The molecule has 0 unspecified atom stereocenters. The second-order valence-electron chi connectivity index (χ2n) is 6.38. The molecule has 2 heterocycles. The molecule has 1 fully saturated rings. The number of piperazine rings is 1. The van der Waals surface area contributed by atoms with Gasteiger partial charge in [-0.3, -0.25) is 4.79 Å². The average Bonchev–Trinajstić information content (AvgIpc) is 2.97. The van der Waals surface area contributed by atoms with E-state index in [1.165, 1.54) is 0 Å². The van der Waals surface area contributed by atoms with Gasteiger partial charge in [0.2, 0.25) is 0 Å². The Labute approximate surface area is 157 Å². The maximum Gasteiger partial charge on any atom is 0.257 e. The molecule has 1 amide bonds. The molecular formula is C20H20ClN3O2. The van der Waals surface area contributed by atoms with E-state index in [-0.39, 0.29) is 5.91 Å². The fraction of sp³-hybridized carbons (Fsp3) is 0.250. The number of amides is 1. The van der Waals surface area contributed by atoms with Crippen LogP contribution < -0.4 is 15.0 Å². The summed E-state index contributed by atoms with van der Waals surface area (Å²) in [5, 5.41) is 3.53. The molecule has 2 aromatic carbocycles. The number of hydrogen-bond donors (Lipinski definition) is 1. The third kappa shape index (κ3) is 3.10. The monoisotopic (exact) mass is 369 g/mol. The van der Waals surface area contributed by atoms with Crippen LogP contribution in [-0.2, 0) is 4.79 Å². The number of methoxy groups -OCH3 is 1. The smallest absolute Gasteiger partial charge is 0.257 e. The summed E-state index contributed by atoms with van der Waals surface area (Å²) in [7, 11) is 1.70. The topological polar surface area (TPSA) is 44.8 Å². The molecule has 0 atom stereocenters. The number of carbonyl (C=O) groups is 1. The number of halogens is 1. The van der Waals surface area contributed by atoms with Gasteiger partial charge in [0.25, 0.3) is 5.91 Å². The molecule has 1 N–H and O–H groups in total. The Morgan fingerprint density at radius 3 is 2.65 bits per heavy atom. The first kappa shape index (κ1) is 16.8. The maximum absolute atomic E-state index is 12.3. The van der Waals surface area contributed by atoms with Crippen LogP contribution in [0.4, 0.5) is 11.4 Å².